The molecular weight excluding hydrogens is 372 g/mol. The minimum Gasteiger partial charge on any atom is -0.455 e. The van der Waals surface area contributed by atoms with E-state index in [0.29, 0.717) is 6.21 Å². The van der Waals surface area contributed by atoms with Gasteiger partial charge in [0.2, 0.25) is 0 Å². The smallest absolute Gasteiger partial charge is 0.414 e. The van der Waals surface area contributed by atoms with Gasteiger partial charge < -0.3 is 34.0 Å². The Kier molecular flexibility index (Phi) is 6.50. The fourth-order valence-electron chi connectivity index (χ4n) is 3.18. The van der Waals surface area contributed by atoms with Crippen molar-refractivity contribution in [1.82, 2.24) is 0 Å². The molecule has 0 bridgehead atoms. The third kappa shape index (κ3) is 4.44. The van der Waals surface area contributed by atoms with Crippen LogP contribution in [0.5, 0.6) is 0 Å². The Hall–Kier alpha value is -2.62. The van der Waals surface area contributed by atoms with Gasteiger partial charge >= 0.3 is 18.2 Å². The Labute approximate surface area is 160 Å². The average molecular weight is 392 g/mol. The van der Waals surface area contributed by atoms with Gasteiger partial charge in [0.05, 0.1) is 6.61 Å². The van der Waals surface area contributed by atoms with Crippen LogP contribution in [-0.4, -0.2) is 67.4 Å². The Morgan fingerprint density at radius 3 is 2.57 bits per heavy atom. The van der Waals surface area contributed by atoms with Gasteiger partial charge in [0.1, 0.15) is 12.2 Å². The second kappa shape index (κ2) is 9.05. The quantitative estimate of drug-likeness (QED) is 0.309. The van der Waals surface area contributed by atoms with Crippen molar-refractivity contribution >= 4 is 18.2 Å². The predicted molar refractivity (Wildman–Crippen MR) is 90.8 cm³/mol. The van der Waals surface area contributed by atoms with E-state index in [0.717, 1.165) is 5.56 Å². The highest BCUT2D eigenvalue weighted by atomic mass is 16.8. The molecule has 2 saturated heterocycles. The van der Waals surface area contributed by atoms with Crippen molar-refractivity contribution in [1.29, 1.82) is 0 Å². The predicted octanol–water partition coefficient (Wildman–Crippen LogP) is 0.616. The number of rotatable bonds is 5. The van der Waals surface area contributed by atoms with Crippen LogP contribution in [0.15, 0.2) is 30.3 Å². The van der Waals surface area contributed by atoms with Crippen LogP contribution in [0, 0.1) is 0 Å². The van der Waals surface area contributed by atoms with Gasteiger partial charge in [-0.25, -0.2) is 4.79 Å². The van der Waals surface area contributed by atoms with E-state index in [1.165, 1.54) is 14.0 Å². The molecule has 0 aromatic heterocycles. The number of carbonyl (C=O) groups is 2. The summed E-state index contributed by atoms with van der Waals surface area (Å²) in [7, 11) is 1.36. The van der Waals surface area contributed by atoms with Crippen LogP contribution in [0.3, 0.4) is 0 Å². The lowest BCUT2D eigenvalue weighted by molar-refractivity contribution is -0.359. The minimum atomic E-state index is -1.14. The second-order valence-corrected chi connectivity index (χ2v) is 6.18. The summed E-state index contributed by atoms with van der Waals surface area (Å²) in [4.78, 5) is 26.1. The SMILES string of the molecule is CO[C@H]1O[C@@H]2CO[C@@H](c3ccccc3)O[C@H]2[C@H](OC(C)=O)[C@@H]1OC(=O)C=[N+]=[N-]. The average Bonchev–Trinajstić information content (AvgIpc) is 2.69. The van der Waals surface area contributed by atoms with Crippen LogP contribution < -0.4 is 0 Å². The van der Waals surface area contributed by atoms with Gasteiger partial charge in [0, 0.05) is 19.6 Å². The van der Waals surface area contributed by atoms with Gasteiger partial charge in [-0.3, -0.25) is 4.79 Å². The Morgan fingerprint density at radius 2 is 1.93 bits per heavy atom. The lowest BCUT2D eigenvalue weighted by atomic mass is 9.97. The molecule has 0 spiro atoms. The third-order valence-electron chi connectivity index (χ3n) is 4.31. The standard InChI is InChI=1S/C18H20N2O8/c1-10(21)25-15-14-12(9-24-17(28-14)11-6-4-3-5-7-11)26-18(23-2)16(15)27-13(22)8-20-19/h3-8,12,14-18H,9H2,1-2H3/t12-,14-,15+,16+,17-,18+/m1/s1. The monoisotopic (exact) mass is 392 g/mol. The lowest BCUT2D eigenvalue weighted by Gasteiger charge is -2.47. The van der Waals surface area contributed by atoms with E-state index < -0.39 is 48.9 Å². The summed E-state index contributed by atoms with van der Waals surface area (Å²) >= 11 is 0. The lowest BCUT2D eigenvalue weighted by Crippen LogP contribution is -2.64. The highest BCUT2D eigenvalue weighted by molar-refractivity contribution is 6.20. The normalized spacial score (nSPS) is 31.8. The van der Waals surface area contributed by atoms with Crippen LogP contribution in [0.4, 0.5) is 0 Å². The van der Waals surface area contributed by atoms with Crippen molar-refractivity contribution in [3.05, 3.63) is 41.4 Å². The summed E-state index contributed by atoms with van der Waals surface area (Å²) in [6.07, 6.45) is -4.74. The molecule has 0 amide bonds. The summed E-state index contributed by atoms with van der Waals surface area (Å²) in [6.45, 7) is 1.38. The van der Waals surface area contributed by atoms with E-state index in [1.54, 1.807) is 0 Å². The summed E-state index contributed by atoms with van der Waals surface area (Å²) in [5.74, 6) is -1.55. The molecule has 10 nitrogen and oxygen atoms in total. The summed E-state index contributed by atoms with van der Waals surface area (Å²) < 4.78 is 33.4. The molecule has 10 heteroatoms. The molecule has 6 atom stereocenters. The first kappa shape index (κ1) is 20.1. The molecule has 150 valence electrons. The van der Waals surface area contributed by atoms with Gasteiger partial charge in [-0.1, -0.05) is 30.3 Å². The third-order valence-corrected chi connectivity index (χ3v) is 4.31. The summed E-state index contributed by atoms with van der Waals surface area (Å²) in [5, 5.41) is 0. The molecule has 2 aliphatic heterocycles. The molecule has 28 heavy (non-hydrogen) atoms. The number of nitrogens with zero attached hydrogens (tertiary/aromatic N) is 2. The van der Waals surface area contributed by atoms with Gasteiger partial charge in [0.25, 0.3) is 0 Å². The van der Waals surface area contributed by atoms with Crippen molar-refractivity contribution in [3.63, 3.8) is 0 Å². The van der Waals surface area contributed by atoms with E-state index in [1.807, 2.05) is 30.3 Å². The zero-order chi connectivity index (χ0) is 20.1. The van der Waals surface area contributed by atoms with Crippen LogP contribution in [0.2, 0.25) is 0 Å². The Bertz CT molecular complexity index is 751. The Morgan fingerprint density at radius 1 is 1.18 bits per heavy atom. The number of fused-ring (bicyclic) bond motifs is 1. The van der Waals surface area contributed by atoms with Crippen LogP contribution in [0.1, 0.15) is 18.8 Å². The fraction of sp³-hybridized carbons (Fsp3) is 0.500. The molecule has 2 fully saturated rings. The molecule has 3 rings (SSSR count). The maximum absolute atomic E-state index is 11.8. The van der Waals surface area contributed by atoms with Crippen LogP contribution in [0.25, 0.3) is 5.53 Å². The molecule has 0 aliphatic carbocycles. The number of esters is 2. The maximum Gasteiger partial charge on any atom is 0.414 e. The zero-order valence-electron chi connectivity index (χ0n) is 15.3. The van der Waals surface area contributed by atoms with E-state index in [9.17, 15) is 9.59 Å². The van der Waals surface area contributed by atoms with Gasteiger partial charge in [-0.05, 0) is 0 Å². The fourth-order valence-corrected chi connectivity index (χ4v) is 3.18. The number of carbonyl (C=O) groups excluding carboxylic acids is 2. The van der Waals surface area contributed by atoms with Crippen molar-refractivity contribution in [2.24, 2.45) is 0 Å². The van der Waals surface area contributed by atoms with Crippen LogP contribution in [-0.2, 0) is 38.0 Å². The minimum absolute atomic E-state index is 0.153. The van der Waals surface area contributed by atoms with Crippen molar-refractivity contribution in [3.8, 4) is 0 Å². The highest BCUT2D eigenvalue weighted by Crippen LogP contribution is 2.36. The summed E-state index contributed by atoms with van der Waals surface area (Å²) in [5.41, 5.74) is 9.30. The van der Waals surface area contributed by atoms with E-state index in [-0.39, 0.29) is 6.61 Å². The maximum atomic E-state index is 11.8. The van der Waals surface area contributed by atoms with Crippen molar-refractivity contribution in [2.45, 2.75) is 43.9 Å². The van der Waals surface area contributed by atoms with E-state index in [4.69, 9.17) is 34.0 Å². The Balaban J connectivity index is 1.87. The molecule has 0 N–H and O–H groups in total. The topological polar surface area (TPSA) is 126 Å². The molecule has 0 radical (unpaired) electrons. The number of methoxy groups -OCH3 is 1. The van der Waals surface area contributed by atoms with E-state index >= 15 is 0 Å². The molecule has 2 heterocycles. The summed E-state index contributed by atoms with van der Waals surface area (Å²) in [6, 6.07) is 9.22. The molecule has 2 aliphatic rings. The number of hydrogen-bond acceptors (Lipinski definition) is 8. The number of benzene rings is 1. The first-order valence-corrected chi connectivity index (χ1v) is 8.59. The molecule has 1 aromatic rings. The van der Waals surface area contributed by atoms with Gasteiger partial charge in [-0.2, -0.15) is 4.79 Å². The second-order valence-electron chi connectivity index (χ2n) is 6.18. The largest absolute Gasteiger partial charge is 0.455 e. The molecule has 1 aromatic carbocycles. The van der Waals surface area contributed by atoms with Crippen LogP contribution >= 0.6 is 0 Å². The first-order valence-electron chi connectivity index (χ1n) is 8.59. The van der Waals surface area contributed by atoms with Crippen molar-refractivity contribution in [2.75, 3.05) is 13.7 Å². The number of ether oxygens (including phenoxy) is 6. The number of hydrogen-bond donors (Lipinski definition) is 0. The van der Waals surface area contributed by atoms with E-state index in [2.05, 4.69) is 4.79 Å². The van der Waals surface area contributed by atoms with Crippen molar-refractivity contribution < 1.29 is 42.8 Å². The zero-order valence-corrected chi connectivity index (χ0v) is 15.3. The highest BCUT2D eigenvalue weighted by Gasteiger charge is 2.53. The van der Waals surface area contributed by atoms with Gasteiger partial charge in [0.15, 0.2) is 24.8 Å². The molecular formula is C18H20N2O8. The molecule has 0 saturated carbocycles. The van der Waals surface area contributed by atoms with Gasteiger partial charge in [-0.15, -0.1) is 0 Å². The molecule has 0 unspecified atom stereocenters. The first-order chi connectivity index (χ1) is 13.5.